The number of aromatic nitrogens is 1. The van der Waals surface area contributed by atoms with Gasteiger partial charge in [-0.3, -0.25) is 9.78 Å². The number of nitrogens with zero attached hydrogens (tertiary/aromatic N) is 2. The maximum Gasteiger partial charge on any atom is 0.171 e. The van der Waals surface area contributed by atoms with Crippen molar-refractivity contribution in [1.82, 2.24) is 9.88 Å². The first kappa shape index (κ1) is 26.7. The molecule has 5 nitrogen and oxygen atoms in total. The molecule has 0 spiro atoms. The maximum absolute atomic E-state index is 13.6. The Hall–Kier alpha value is -2.34. The van der Waals surface area contributed by atoms with E-state index in [1.807, 2.05) is 39.0 Å². The third-order valence-electron chi connectivity index (χ3n) is 7.34. The van der Waals surface area contributed by atoms with Crippen molar-refractivity contribution in [2.24, 2.45) is 5.41 Å². The lowest BCUT2D eigenvalue weighted by molar-refractivity contribution is 0.0858. The summed E-state index contributed by atoms with van der Waals surface area (Å²) in [6.07, 6.45) is 6.14. The quantitative estimate of drug-likeness (QED) is 0.331. The number of carbonyl (C=O) groups excluding carboxylic acids is 1. The lowest BCUT2D eigenvalue weighted by Crippen LogP contribution is -2.55. The Morgan fingerprint density at radius 2 is 1.78 bits per heavy atom. The van der Waals surface area contributed by atoms with Crippen molar-refractivity contribution >= 4 is 45.6 Å². The highest BCUT2D eigenvalue weighted by Gasteiger charge is 2.39. The third-order valence-corrected chi connectivity index (χ3v) is 7.91. The number of halogens is 2. The SMILES string of the molecule is CN(C)C1CCCCC1(C)Nc1c(C(=O)C(C)(C)C)cnc2ccc(-c3cc(Cl)c(O)c(Cl)c3)cc12. The number of pyridine rings is 1. The predicted molar refractivity (Wildman–Crippen MR) is 151 cm³/mol. The van der Waals surface area contributed by atoms with Crippen LogP contribution in [0.25, 0.3) is 22.0 Å². The van der Waals surface area contributed by atoms with Crippen molar-refractivity contribution in [3.05, 3.63) is 52.1 Å². The second-order valence-corrected chi connectivity index (χ2v) is 12.2. The molecule has 3 aromatic rings. The van der Waals surface area contributed by atoms with Gasteiger partial charge in [0.15, 0.2) is 11.5 Å². The molecular formula is C29H35Cl2N3O2. The highest BCUT2D eigenvalue weighted by molar-refractivity contribution is 6.37. The molecule has 0 amide bonds. The molecule has 192 valence electrons. The van der Waals surface area contributed by atoms with Crippen LogP contribution in [-0.2, 0) is 0 Å². The lowest BCUT2D eigenvalue weighted by atomic mass is 9.77. The molecule has 36 heavy (non-hydrogen) atoms. The van der Waals surface area contributed by atoms with E-state index in [9.17, 15) is 9.90 Å². The number of fused-ring (bicyclic) bond motifs is 1. The summed E-state index contributed by atoms with van der Waals surface area (Å²) in [7, 11) is 4.25. The monoisotopic (exact) mass is 527 g/mol. The molecular weight excluding hydrogens is 493 g/mol. The van der Waals surface area contributed by atoms with Gasteiger partial charge in [-0.15, -0.1) is 0 Å². The zero-order chi connectivity index (χ0) is 26.4. The molecule has 0 radical (unpaired) electrons. The number of phenolic OH excluding ortho intramolecular Hbond substituents is 1. The van der Waals surface area contributed by atoms with Gasteiger partial charge in [-0.25, -0.2) is 0 Å². The molecule has 1 aliphatic rings. The van der Waals surface area contributed by atoms with Crippen molar-refractivity contribution in [1.29, 1.82) is 0 Å². The first-order valence-corrected chi connectivity index (χ1v) is 13.2. The van der Waals surface area contributed by atoms with Crippen LogP contribution in [0.1, 0.15) is 63.7 Å². The number of ketones is 1. The number of Topliss-reactive ketones (excluding diaryl/α,β-unsaturated/α-hetero) is 1. The van der Waals surface area contributed by atoms with E-state index in [0.29, 0.717) is 11.6 Å². The minimum absolute atomic E-state index is 0.0429. The molecule has 4 rings (SSSR count). The molecule has 1 aliphatic carbocycles. The van der Waals surface area contributed by atoms with Crippen LogP contribution in [0.3, 0.4) is 0 Å². The van der Waals surface area contributed by atoms with Gasteiger partial charge in [0, 0.05) is 23.0 Å². The minimum atomic E-state index is -0.560. The molecule has 0 bridgehead atoms. The zero-order valence-electron chi connectivity index (χ0n) is 21.9. The van der Waals surface area contributed by atoms with E-state index in [4.69, 9.17) is 23.2 Å². The van der Waals surface area contributed by atoms with E-state index in [-0.39, 0.29) is 27.1 Å². The van der Waals surface area contributed by atoms with Gasteiger partial charge in [0.1, 0.15) is 0 Å². The topological polar surface area (TPSA) is 65.5 Å². The summed E-state index contributed by atoms with van der Waals surface area (Å²) in [4.78, 5) is 20.6. The molecule has 1 aromatic heterocycles. The summed E-state index contributed by atoms with van der Waals surface area (Å²) in [6.45, 7) is 8.07. The molecule has 7 heteroatoms. The molecule has 1 fully saturated rings. The molecule has 2 atom stereocenters. The summed E-state index contributed by atoms with van der Waals surface area (Å²) in [5, 5.41) is 15.1. The average Bonchev–Trinajstić information content (AvgIpc) is 2.81. The van der Waals surface area contributed by atoms with E-state index in [1.165, 1.54) is 6.42 Å². The Balaban J connectivity index is 1.94. The van der Waals surface area contributed by atoms with Gasteiger partial charge in [0.25, 0.3) is 0 Å². The lowest BCUT2D eigenvalue weighted by Gasteiger charge is -2.46. The number of hydrogen-bond acceptors (Lipinski definition) is 5. The van der Waals surface area contributed by atoms with Crippen LogP contribution < -0.4 is 5.32 Å². The first-order valence-electron chi connectivity index (χ1n) is 12.4. The normalized spacial score (nSPS) is 20.6. The Morgan fingerprint density at radius 3 is 2.39 bits per heavy atom. The molecule has 1 heterocycles. The van der Waals surface area contributed by atoms with Crippen LogP contribution in [-0.4, -0.2) is 46.4 Å². The fourth-order valence-electron chi connectivity index (χ4n) is 5.39. The Kier molecular flexibility index (Phi) is 7.31. The van der Waals surface area contributed by atoms with Gasteiger partial charge in [0.2, 0.25) is 0 Å². The minimum Gasteiger partial charge on any atom is -0.505 e. The predicted octanol–water partition coefficient (Wildman–Crippen LogP) is 7.82. The number of hydrogen-bond donors (Lipinski definition) is 2. The van der Waals surface area contributed by atoms with Gasteiger partial charge < -0.3 is 15.3 Å². The standard InChI is InChI=1S/C29H35Cl2N3O2/c1-28(2,3)27(36)20-16-32-23-11-10-17(18-14-21(30)26(35)22(31)15-18)13-19(23)25(20)33-29(4)12-8-7-9-24(29)34(5)6/h10-11,13-16,24,35H,7-9,12H2,1-6H3,(H,32,33). The van der Waals surface area contributed by atoms with E-state index >= 15 is 0 Å². The number of rotatable bonds is 5. The van der Waals surface area contributed by atoms with Gasteiger partial charge in [0.05, 0.1) is 32.4 Å². The van der Waals surface area contributed by atoms with Crippen molar-refractivity contribution in [2.75, 3.05) is 19.4 Å². The largest absolute Gasteiger partial charge is 0.505 e. The second-order valence-electron chi connectivity index (χ2n) is 11.4. The molecule has 2 N–H and O–H groups in total. The van der Waals surface area contributed by atoms with Gasteiger partial charge >= 0.3 is 0 Å². The summed E-state index contributed by atoms with van der Waals surface area (Å²) < 4.78 is 0. The van der Waals surface area contributed by atoms with Crippen LogP contribution in [0.15, 0.2) is 36.5 Å². The van der Waals surface area contributed by atoms with Crippen LogP contribution >= 0.6 is 23.2 Å². The first-order chi connectivity index (χ1) is 16.8. The maximum atomic E-state index is 13.6. The van der Waals surface area contributed by atoms with Crippen molar-refractivity contribution in [3.63, 3.8) is 0 Å². The molecule has 0 aliphatic heterocycles. The summed E-state index contributed by atoms with van der Waals surface area (Å²) in [6, 6.07) is 9.64. The van der Waals surface area contributed by atoms with E-state index in [0.717, 1.165) is 47.0 Å². The fourth-order valence-corrected chi connectivity index (χ4v) is 5.88. The number of likely N-dealkylation sites (N-methyl/N-ethyl adjacent to an activating group) is 1. The van der Waals surface area contributed by atoms with Crippen LogP contribution in [0, 0.1) is 5.41 Å². The second kappa shape index (κ2) is 9.85. The summed E-state index contributed by atoms with van der Waals surface area (Å²) in [5.74, 6) is -0.0914. The zero-order valence-corrected chi connectivity index (χ0v) is 23.4. The number of anilines is 1. The number of phenols is 1. The summed E-state index contributed by atoms with van der Waals surface area (Å²) >= 11 is 12.4. The number of benzene rings is 2. The summed E-state index contributed by atoms with van der Waals surface area (Å²) in [5.41, 5.74) is 3.07. The molecule has 0 saturated heterocycles. The van der Waals surface area contributed by atoms with Gasteiger partial charge in [-0.1, -0.05) is 62.9 Å². The number of carbonyl (C=O) groups is 1. The number of aromatic hydroxyl groups is 1. The Bertz CT molecular complexity index is 1290. The average molecular weight is 529 g/mol. The van der Waals surface area contributed by atoms with E-state index < -0.39 is 5.41 Å². The number of nitrogens with one attached hydrogen (secondary N) is 1. The Labute approximate surface area is 223 Å². The van der Waals surface area contributed by atoms with Gasteiger partial charge in [-0.2, -0.15) is 0 Å². The van der Waals surface area contributed by atoms with E-state index in [2.05, 4.69) is 36.2 Å². The highest BCUT2D eigenvalue weighted by atomic mass is 35.5. The van der Waals surface area contributed by atoms with Crippen LogP contribution in [0.2, 0.25) is 10.0 Å². The molecule has 2 aromatic carbocycles. The molecule has 1 saturated carbocycles. The van der Waals surface area contributed by atoms with Crippen LogP contribution in [0.4, 0.5) is 5.69 Å². The third kappa shape index (κ3) is 5.06. The molecule has 2 unspecified atom stereocenters. The highest BCUT2D eigenvalue weighted by Crippen LogP contribution is 2.41. The van der Waals surface area contributed by atoms with E-state index in [1.54, 1.807) is 18.3 Å². The van der Waals surface area contributed by atoms with Crippen molar-refractivity contribution < 1.29 is 9.90 Å². The van der Waals surface area contributed by atoms with Gasteiger partial charge in [-0.05, 0) is 69.3 Å². The fraction of sp³-hybridized carbons (Fsp3) is 0.448. The van der Waals surface area contributed by atoms with Crippen molar-refractivity contribution in [3.8, 4) is 16.9 Å². The van der Waals surface area contributed by atoms with Crippen molar-refractivity contribution in [2.45, 2.75) is 65.0 Å². The van der Waals surface area contributed by atoms with Crippen LogP contribution in [0.5, 0.6) is 5.75 Å². The Morgan fingerprint density at radius 1 is 1.11 bits per heavy atom. The smallest absolute Gasteiger partial charge is 0.171 e.